The zero-order chi connectivity index (χ0) is 14.3. The number of anilines is 1. The highest BCUT2D eigenvalue weighted by Gasteiger charge is 2.43. The summed E-state index contributed by atoms with van der Waals surface area (Å²) in [5.41, 5.74) is 0.0240. The van der Waals surface area contributed by atoms with E-state index in [1.54, 1.807) is 0 Å². The van der Waals surface area contributed by atoms with E-state index in [-0.39, 0.29) is 10.6 Å². The molecule has 5 nitrogen and oxygen atoms in total. The molecule has 2 heterocycles. The predicted molar refractivity (Wildman–Crippen MR) is 78.2 cm³/mol. The molecule has 2 aliphatic rings. The molecular formula is C14H18ClN3O2. The molecule has 3 rings (SSSR count). The van der Waals surface area contributed by atoms with Gasteiger partial charge in [-0.3, -0.25) is 10.1 Å². The van der Waals surface area contributed by atoms with Crippen molar-refractivity contribution in [3.63, 3.8) is 0 Å². The molecule has 0 amide bonds. The van der Waals surface area contributed by atoms with Crippen LogP contribution in [0.25, 0.3) is 0 Å². The number of halogens is 1. The lowest BCUT2D eigenvalue weighted by molar-refractivity contribution is -0.384. The van der Waals surface area contributed by atoms with Crippen LogP contribution in [0.2, 0.25) is 5.02 Å². The maximum atomic E-state index is 11.3. The van der Waals surface area contributed by atoms with Gasteiger partial charge in [0.15, 0.2) is 0 Å². The summed E-state index contributed by atoms with van der Waals surface area (Å²) < 4.78 is 0. The number of aromatic nitrogens is 1. The molecule has 6 heteroatoms. The van der Waals surface area contributed by atoms with E-state index in [1.807, 2.05) is 0 Å². The summed E-state index contributed by atoms with van der Waals surface area (Å²) in [6.45, 7) is 3.09. The third-order valence-electron chi connectivity index (χ3n) is 4.68. The van der Waals surface area contributed by atoms with Crippen molar-refractivity contribution in [1.29, 1.82) is 0 Å². The SMILES string of the molecule is CC1CN(c2ncc(Cl)cc2[N+](=O)[O-])C2CCCCC12. The molecule has 0 N–H and O–H groups in total. The van der Waals surface area contributed by atoms with Gasteiger partial charge in [0, 0.05) is 24.8 Å². The average Bonchev–Trinajstić information content (AvgIpc) is 2.77. The number of nitro groups is 1. The first-order valence-corrected chi connectivity index (χ1v) is 7.52. The largest absolute Gasteiger partial charge is 0.347 e. The zero-order valence-electron chi connectivity index (χ0n) is 11.5. The van der Waals surface area contributed by atoms with E-state index < -0.39 is 0 Å². The van der Waals surface area contributed by atoms with Crippen LogP contribution in [0.15, 0.2) is 12.3 Å². The van der Waals surface area contributed by atoms with Gasteiger partial charge in [0.2, 0.25) is 5.82 Å². The van der Waals surface area contributed by atoms with Crippen LogP contribution in [0.1, 0.15) is 32.6 Å². The Kier molecular flexibility index (Phi) is 3.54. The normalized spacial score (nSPS) is 29.3. The van der Waals surface area contributed by atoms with E-state index >= 15 is 0 Å². The fourth-order valence-electron chi connectivity index (χ4n) is 3.79. The molecule has 20 heavy (non-hydrogen) atoms. The Balaban J connectivity index is 1.98. The van der Waals surface area contributed by atoms with Crippen molar-refractivity contribution in [2.24, 2.45) is 11.8 Å². The Labute approximate surface area is 123 Å². The Morgan fingerprint density at radius 3 is 2.95 bits per heavy atom. The van der Waals surface area contributed by atoms with Crippen LogP contribution in [0.5, 0.6) is 0 Å². The highest BCUT2D eigenvalue weighted by atomic mass is 35.5. The lowest BCUT2D eigenvalue weighted by Crippen LogP contribution is -2.35. The third kappa shape index (κ3) is 2.24. The van der Waals surface area contributed by atoms with Crippen molar-refractivity contribution in [1.82, 2.24) is 4.98 Å². The average molecular weight is 296 g/mol. The first-order chi connectivity index (χ1) is 9.58. The molecule has 1 saturated carbocycles. The Morgan fingerprint density at radius 1 is 1.45 bits per heavy atom. The summed E-state index contributed by atoms with van der Waals surface area (Å²) in [5, 5.41) is 11.6. The maximum Gasteiger partial charge on any atom is 0.313 e. The van der Waals surface area contributed by atoms with Gasteiger partial charge in [0.1, 0.15) is 0 Å². The van der Waals surface area contributed by atoms with E-state index in [0.717, 1.165) is 13.0 Å². The molecule has 0 spiro atoms. The van der Waals surface area contributed by atoms with Crippen LogP contribution >= 0.6 is 11.6 Å². The van der Waals surface area contributed by atoms with E-state index in [0.29, 0.717) is 28.7 Å². The first-order valence-electron chi connectivity index (χ1n) is 7.14. The number of nitrogens with zero attached hydrogens (tertiary/aromatic N) is 3. The van der Waals surface area contributed by atoms with Crippen molar-refractivity contribution in [3.05, 3.63) is 27.4 Å². The molecular weight excluding hydrogens is 278 g/mol. The smallest absolute Gasteiger partial charge is 0.313 e. The second kappa shape index (κ2) is 5.20. The van der Waals surface area contributed by atoms with Gasteiger partial charge in [-0.2, -0.15) is 0 Å². The fourth-order valence-corrected chi connectivity index (χ4v) is 3.94. The molecule has 1 aromatic rings. The Hall–Kier alpha value is -1.36. The van der Waals surface area contributed by atoms with Gasteiger partial charge in [0.05, 0.1) is 9.95 Å². The Bertz CT molecular complexity index is 537. The molecule has 0 aromatic carbocycles. The van der Waals surface area contributed by atoms with Gasteiger partial charge < -0.3 is 4.90 Å². The molecule has 1 aliphatic heterocycles. The Morgan fingerprint density at radius 2 is 2.20 bits per heavy atom. The number of pyridine rings is 1. The van der Waals surface area contributed by atoms with Crippen LogP contribution in [0.3, 0.4) is 0 Å². The minimum absolute atomic E-state index is 0.0240. The quantitative estimate of drug-likeness (QED) is 0.617. The van der Waals surface area contributed by atoms with Crippen LogP contribution in [0, 0.1) is 22.0 Å². The zero-order valence-corrected chi connectivity index (χ0v) is 12.2. The fraction of sp³-hybridized carbons (Fsp3) is 0.643. The van der Waals surface area contributed by atoms with Gasteiger partial charge in [-0.25, -0.2) is 4.98 Å². The number of hydrogen-bond acceptors (Lipinski definition) is 4. The van der Waals surface area contributed by atoms with Crippen LogP contribution in [0.4, 0.5) is 11.5 Å². The van der Waals surface area contributed by atoms with Gasteiger partial charge in [-0.15, -0.1) is 0 Å². The van der Waals surface area contributed by atoms with Gasteiger partial charge in [0.25, 0.3) is 0 Å². The van der Waals surface area contributed by atoms with Gasteiger partial charge >= 0.3 is 5.69 Å². The second-order valence-corrected chi connectivity index (χ2v) is 6.34. The van der Waals surface area contributed by atoms with Crippen molar-refractivity contribution in [3.8, 4) is 0 Å². The monoisotopic (exact) mass is 295 g/mol. The topological polar surface area (TPSA) is 59.3 Å². The van der Waals surface area contributed by atoms with Crippen molar-refractivity contribution < 1.29 is 4.92 Å². The van der Waals surface area contributed by atoms with Crippen LogP contribution in [-0.4, -0.2) is 22.5 Å². The summed E-state index contributed by atoms with van der Waals surface area (Å²) in [7, 11) is 0. The third-order valence-corrected chi connectivity index (χ3v) is 4.89. The summed E-state index contributed by atoms with van der Waals surface area (Å²) in [6, 6.07) is 1.80. The van der Waals surface area contributed by atoms with Crippen molar-refractivity contribution in [2.45, 2.75) is 38.6 Å². The molecule has 3 atom stereocenters. The van der Waals surface area contributed by atoms with Gasteiger partial charge in [-0.05, 0) is 24.7 Å². The minimum atomic E-state index is -0.380. The second-order valence-electron chi connectivity index (χ2n) is 5.90. The van der Waals surface area contributed by atoms with E-state index in [4.69, 9.17) is 11.6 Å². The van der Waals surface area contributed by atoms with Gasteiger partial charge in [-0.1, -0.05) is 31.4 Å². The lowest BCUT2D eigenvalue weighted by atomic mass is 9.80. The summed E-state index contributed by atoms with van der Waals surface area (Å²) in [4.78, 5) is 17.3. The molecule has 108 valence electrons. The highest BCUT2D eigenvalue weighted by Crippen LogP contribution is 2.43. The molecule has 0 radical (unpaired) electrons. The lowest BCUT2D eigenvalue weighted by Gasteiger charge is -2.32. The number of hydrogen-bond donors (Lipinski definition) is 0. The van der Waals surface area contributed by atoms with Crippen LogP contribution < -0.4 is 4.90 Å². The van der Waals surface area contributed by atoms with Crippen molar-refractivity contribution in [2.75, 3.05) is 11.4 Å². The first kappa shape index (κ1) is 13.6. The van der Waals surface area contributed by atoms with E-state index in [1.165, 1.54) is 31.5 Å². The molecule has 1 aliphatic carbocycles. The summed E-state index contributed by atoms with van der Waals surface area (Å²) >= 11 is 5.85. The van der Waals surface area contributed by atoms with Crippen molar-refractivity contribution >= 4 is 23.1 Å². The number of rotatable bonds is 2. The molecule has 1 aromatic heterocycles. The molecule has 3 unspecified atom stereocenters. The predicted octanol–water partition coefficient (Wildman–Crippen LogP) is 3.66. The van der Waals surface area contributed by atoms with E-state index in [9.17, 15) is 10.1 Å². The molecule has 0 bridgehead atoms. The highest BCUT2D eigenvalue weighted by molar-refractivity contribution is 6.30. The maximum absolute atomic E-state index is 11.3. The minimum Gasteiger partial charge on any atom is -0.347 e. The summed E-state index contributed by atoms with van der Waals surface area (Å²) in [5.74, 6) is 1.69. The molecule has 1 saturated heterocycles. The van der Waals surface area contributed by atoms with E-state index in [2.05, 4.69) is 16.8 Å². The van der Waals surface area contributed by atoms with Crippen LogP contribution in [-0.2, 0) is 0 Å². The standard InChI is InChI=1S/C14H18ClN3O2/c1-9-8-17(12-5-3-2-4-11(9)12)14-13(18(19)20)6-10(15)7-16-14/h6-7,9,11-12H,2-5,8H2,1H3. The molecule has 2 fully saturated rings. The number of fused-ring (bicyclic) bond motifs is 1. The summed E-state index contributed by atoms with van der Waals surface area (Å²) in [6.07, 6.45) is 6.31.